The zero-order chi connectivity index (χ0) is 14.6. The van der Waals surface area contributed by atoms with E-state index >= 15 is 0 Å². The monoisotopic (exact) mass is 295 g/mol. The number of hydrogen-bond acceptors (Lipinski definition) is 3. The summed E-state index contributed by atoms with van der Waals surface area (Å²) >= 11 is 1.96. The van der Waals surface area contributed by atoms with Gasteiger partial charge in [0.15, 0.2) is 0 Å². The van der Waals surface area contributed by atoms with Crippen LogP contribution in [0.25, 0.3) is 0 Å². The average molecular weight is 295 g/mol. The minimum absolute atomic E-state index is 0.258. The Balaban J connectivity index is 1.92. The van der Waals surface area contributed by atoms with E-state index in [1.165, 1.54) is 41.9 Å². The summed E-state index contributed by atoms with van der Waals surface area (Å²) in [6.07, 6.45) is 6.66. The van der Waals surface area contributed by atoms with Crippen LogP contribution >= 0.6 is 11.3 Å². The van der Waals surface area contributed by atoms with Gasteiger partial charge < -0.3 is 10.1 Å². The lowest BCUT2D eigenvalue weighted by atomic mass is 9.95. The average Bonchev–Trinajstić information content (AvgIpc) is 2.90. The molecule has 2 rings (SSSR count). The van der Waals surface area contributed by atoms with Gasteiger partial charge in [0.2, 0.25) is 0 Å². The maximum Gasteiger partial charge on any atom is 0.0575 e. The highest BCUT2D eigenvalue weighted by Gasteiger charge is 2.21. The lowest BCUT2D eigenvalue weighted by Gasteiger charge is -2.24. The van der Waals surface area contributed by atoms with Gasteiger partial charge >= 0.3 is 0 Å². The minimum Gasteiger partial charge on any atom is -0.378 e. The fourth-order valence-electron chi connectivity index (χ4n) is 2.76. The normalized spacial score (nSPS) is 21.9. The molecule has 1 aromatic rings. The summed E-state index contributed by atoms with van der Waals surface area (Å²) in [5.74, 6) is 0. The molecule has 2 heterocycles. The number of thiophene rings is 1. The summed E-state index contributed by atoms with van der Waals surface area (Å²) in [7, 11) is 2.07. The molecule has 1 fully saturated rings. The molecule has 1 aromatic heterocycles. The summed E-state index contributed by atoms with van der Waals surface area (Å²) in [6.45, 7) is 7.81. The second kappa shape index (κ2) is 7.06. The molecule has 0 aromatic carbocycles. The first-order valence-corrected chi connectivity index (χ1v) is 8.71. The first-order valence-electron chi connectivity index (χ1n) is 7.90. The van der Waals surface area contributed by atoms with Crippen LogP contribution in [0.4, 0.5) is 0 Å². The van der Waals surface area contributed by atoms with E-state index in [4.69, 9.17) is 4.74 Å². The topological polar surface area (TPSA) is 21.3 Å². The smallest absolute Gasteiger partial charge is 0.0575 e. The highest BCUT2D eigenvalue weighted by molar-refractivity contribution is 7.12. The van der Waals surface area contributed by atoms with E-state index in [1.807, 2.05) is 11.3 Å². The fraction of sp³-hybridized carbons (Fsp3) is 0.765. The van der Waals surface area contributed by atoms with E-state index in [0.29, 0.717) is 12.1 Å². The molecule has 20 heavy (non-hydrogen) atoms. The Morgan fingerprint density at radius 3 is 2.70 bits per heavy atom. The predicted octanol–water partition coefficient (Wildman–Crippen LogP) is 4.66. The summed E-state index contributed by atoms with van der Waals surface area (Å²) < 4.78 is 5.84. The summed E-state index contributed by atoms with van der Waals surface area (Å²) in [5, 5.41) is 3.48. The Morgan fingerprint density at radius 2 is 2.15 bits per heavy atom. The molecule has 1 N–H and O–H groups in total. The molecule has 0 amide bonds. The van der Waals surface area contributed by atoms with Crippen molar-refractivity contribution in [2.24, 2.45) is 0 Å². The van der Waals surface area contributed by atoms with Crippen LogP contribution in [0.15, 0.2) is 12.1 Å². The van der Waals surface area contributed by atoms with Crippen LogP contribution in [0.3, 0.4) is 0 Å². The fourth-order valence-corrected chi connectivity index (χ4v) is 3.97. The van der Waals surface area contributed by atoms with Gasteiger partial charge in [-0.1, -0.05) is 20.8 Å². The van der Waals surface area contributed by atoms with Gasteiger partial charge in [0.25, 0.3) is 0 Å². The molecule has 1 aliphatic rings. The standard InChI is InChI=1S/C17H29NOS/c1-17(2,3)16-11-10-15(20-16)14(18-4)9-8-13-7-5-6-12-19-13/h10-11,13-14,18H,5-9,12H2,1-4H3. The van der Waals surface area contributed by atoms with E-state index in [2.05, 4.69) is 45.3 Å². The van der Waals surface area contributed by atoms with Crippen molar-refractivity contribution in [3.05, 3.63) is 21.9 Å². The zero-order valence-electron chi connectivity index (χ0n) is 13.4. The predicted molar refractivity (Wildman–Crippen MR) is 87.6 cm³/mol. The maximum absolute atomic E-state index is 5.84. The SMILES string of the molecule is CNC(CCC1CCCCO1)c1ccc(C(C)(C)C)s1. The van der Waals surface area contributed by atoms with Crippen LogP contribution in [0.5, 0.6) is 0 Å². The zero-order valence-corrected chi connectivity index (χ0v) is 14.2. The van der Waals surface area contributed by atoms with E-state index in [9.17, 15) is 0 Å². The van der Waals surface area contributed by atoms with Crippen molar-refractivity contribution in [2.45, 2.75) is 70.4 Å². The van der Waals surface area contributed by atoms with Crippen molar-refractivity contribution in [3.8, 4) is 0 Å². The highest BCUT2D eigenvalue weighted by atomic mass is 32.1. The molecule has 114 valence electrons. The third kappa shape index (κ3) is 4.31. The number of ether oxygens (including phenoxy) is 1. The highest BCUT2D eigenvalue weighted by Crippen LogP contribution is 2.34. The minimum atomic E-state index is 0.258. The van der Waals surface area contributed by atoms with Crippen LogP contribution in [0.1, 0.15) is 68.7 Å². The number of hydrogen-bond donors (Lipinski definition) is 1. The van der Waals surface area contributed by atoms with Gasteiger partial charge in [-0.3, -0.25) is 0 Å². The second-order valence-electron chi connectivity index (χ2n) is 6.86. The van der Waals surface area contributed by atoms with Crippen molar-refractivity contribution in [3.63, 3.8) is 0 Å². The summed E-state index contributed by atoms with van der Waals surface area (Å²) in [4.78, 5) is 2.94. The van der Waals surface area contributed by atoms with Gasteiger partial charge in [-0.05, 0) is 56.7 Å². The molecule has 2 unspecified atom stereocenters. The molecule has 1 aliphatic heterocycles. The third-order valence-corrected chi connectivity index (χ3v) is 5.73. The van der Waals surface area contributed by atoms with E-state index < -0.39 is 0 Å². The Hall–Kier alpha value is -0.380. The van der Waals surface area contributed by atoms with Gasteiger partial charge in [-0.15, -0.1) is 11.3 Å². The van der Waals surface area contributed by atoms with Gasteiger partial charge in [0.05, 0.1) is 6.10 Å². The van der Waals surface area contributed by atoms with Crippen LogP contribution in [0, 0.1) is 0 Å². The first-order chi connectivity index (χ1) is 9.50. The van der Waals surface area contributed by atoms with E-state index in [0.717, 1.165) is 6.61 Å². The maximum atomic E-state index is 5.84. The van der Waals surface area contributed by atoms with E-state index in [-0.39, 0.29) is 5.41 Å². The summed E-state index contributed by atoms with van der Waals surface area (Å²) in [5.41, 5.74) is 0.258. The van der Waals surface area contributed by atoms with E-state index in [1.54, 1.807) is 0 Å². The lowest BCUT2D eigenvalue weighted by Crippen LogP contribution is -2.22. The number of nitrogens with one attached hydrogen (secondary N) is 1. The van der Waals surface area contributed by atoms with Crippen LogP contribution in [-0.2, 0) is 10.2 Å². The molecule has 2 atom stereocenters. The van der Waals surface area contributed by atoms with Crippen LogP contribution < -0.4 is 5.32 Å². The third-order valence-electron chi connectivity index (χ3n) is 4.11. The molecule has 0 aliphatic carbocycles. The Bertz CT molecular complexity index is 401. The van der Waals surface area contributed by atoms with Crippen LogP contribution in [0.2, 0.25) is 0 Å². The largest absolute Gasteiger partial charge is 0.378 e. The summed E-state index contributed by atoms with van der Waals surface area (Å²) in [6, 6.07) is 5.07. The molecular formula is C17H29NOS. The molecule has 0 spiro atoms. The van der Waals surface area contributed by atoms with Crippen molar-refractivity contribution >= 4 is 11.3 Å². The van der Waals surface area contributed by atoms with Crippen LogP contribution in [-0.4, -0.2) is 19.8 Å². The molecule has 3 heteroatoms. The van der Waals surface area contributed by atoms with Crippen molar-refractivity contribution in [2.75, 3.05) is 13.7 Å². The van der Waals surface area contributed by atoms with Crippen molar-refractivity contribution < 1.29 is 4.74 Å². The Labute approximate surface area is 127 Å². The number of rotatable bonds is 5. The second-order valence-corrected chi connectivity index (χ2v) is 7.97. The quantitative estimate of drug-likeness (QED) is 0.853. The Kier molecular flexibility index (Phi) is 5.65. The molecule has 2 nitrogen and oxygen atoms in total. The van der Waals surface area contributed by atoms with Gasteiger partial charge in [-0.2, -0.15) is 0 Å². The first kappa shape index (κ1) is 16.0. The lowest BCUT2D eigenvalue weighted by molar-refractivity contribution is 0.00871. The molecule has 0 radical (unpaired) electrons. The molecule has 0 bridgehead atoms. The van der Waals surface area contributed by atoms with Crippen molar-refractivity contribution in [1.82, 2.24) is 5.32 Å². The van der Waals surface area contributed by atoms with Gasteiger partial charge in [0, 0.05) is 22.4 Å². The molecular weight excluding hydrogens is 266 g/mol. The Morgan fingerprint density at radius 1 is 1.35 bits per heavy atom. The van der Waals surface area contributed by atoms with Gasteiger partial charge in [-0.25, -0.2) is 0 Å². The molecule has 1 saturated heterocycles. The van der Waals surface area contributed by atoms with Crippen molar-refractivity contribution in [1.29, 1.82) is 0 Å². The molecule has 0 saturated carbocycles. The van der Waals surface area contributed by atoms with Gasteiger partial charge in [0.1, 0.15) is 0 Å².